The van der Waals surface area contributed by atoms with Crippen molar-refractivity contribution in [2.75, 3.05) is 0 Å². The number of rotatable bonds is 4. The zero-order valence-corrected chi connectivity index (χ0v) is 24.3. The second-order valence-corrected chi connectivity index (χ2v) is 47.4. The molecule has 0 aromatic heterocycles. The van der Waals surface area contributed by atoms with Gasteiger partial charge in [-0.2, -0.15) is 0 Å². The predicted octanol–water partition coefficient (Wildman–Crippen LogP) is 6.31. The van der Waals surface area contributed by atoms with Gasteiger partial charge in [-0.1, -0.05) is 0 Å². The van der Waals surface area contributed by atoms with Gasteiger partial charge < -0.3 is 0 Å². The molecular formula is C16H40BiSi4. The summed E-state index contributed by atoms with van der Waals surface area (Å²) in [5.41, 5.74) is 0. The second-order valence-electron chi connectivity index (χ2n) is 11.3. The third-order valence-corrected chi connectivity index (χ3v) is 66.0. The third-order valence-electron chi connectivity index (χ3n) is 6.19. The van der Waals surface area contributed by atoms with Gasteiger partial charge in [0.2, 0.25) is 0 Å². The summed E-state index contributed by atoms with van der Waals surface area (Å²) < 4.78 is 1.89. The van der Waals surface area contributed by atoms with Crippen LogP contribution in [0.5, 0.6) is 0 Å². The molecule has 1 fully saturated rings. The van der Waals surface area contributed by atoms with Crippen molar-refractivity contribution in [3.8, 4) is 0 Å². The summed E-state index contributed by atoms with van der Waals surface area (Å²) in [6.45, 7) is 32.7. The summed E-state index contributed by atoms with van der Waals surface area (Å²) in [7, 11) is -4.28. The van der Waals surface area contributed by atoms with Crippen LogP contribution in [0.4, 0.5) is 0 Å². The average Bonchev–Trinajstić information content (AvgIpc) is 2.54. The molecular weight excluding hydrogens is 514 g/mol. The first-order valence-corrected chi connectivity index (χ1v) is 26.1. The van der Waals surface area contributed by atoms with E-state index in [4.69, 9.17) is 0 Å². The molecule has 1 heterocycles. The van der Waals surface area contributed by atoms with E-state index in [9.17, 15) is 0 Å². The first-order valence-electron chi connectivity index (χ1n) is 8.65. The van der Waals surface area contributed by atoms with E-state index in [0.29, 0.717) is 0 Å². The van der Waals surface area contributed by atoms with Crippen LogP contribution in [0.25, 0.3) is 0 Å². The van der Waals surface area contributed by atoms with E-state index in [1.807, 2.05) is 0 Å². The van der Waals surface area contributed by atoms with E-state index in [0.717, 1.165) is 4.74 Å². The van der Waals surface area contributed by atoms with Crippen LogP contribution in [-0.4, -0.2) is 55.5 Å². The SMILES string of the molecule is C[Si](C)(C)[C]1([Si](C)(C)C)CC[C]([Si](C)(C)C)([Si](C)(C)C)[Bi]1. The molecule has 125 valence electrons. The van der Waals surface area contributed by atoms with Gasteiger partial charge in [0.25, 0.3) is 0 Å². The minimum atomic E-state index is -1.07. The Morgan fingerprint density at radius 1 is 0.476 bits per heavy atom. The summed E-state index contributed by atoms with van der Waals surface area (Å²) in [4.78, 5) is 0. The molecule has 0 nitrogen and oxygen atoms in total. The van der Waals surface area contributed by atoms with E-state index in [-0.39, 0.29) is 0 Å². The van der Waals surface area contributed by atoms with Crippen LogP contribution in [0.15, 0.2) is 0 Å². The zero-order chi connectivity index (χ0) is 17.1. The predicted molar refractivity (Wildman–Crippen MR) is 114 cm³/mol. The van der Waals surface area contributed by atoms with Gasteiger partial charge in [0.1, 0.15) is 0 Å². The Hall–Kier alpha value is 1.75. The Morgan fingerprint density at radius 2 is 0.667 bits per heavy atom. The molecule has 1 radical (unpaired) electrons. The molecule has 0 amide bonds. The normalized spacial score (nSPS) is 23.4. The van der Waals surface area contributed by atoms with E-state index < -0.39 is 55.5 Å². The maximum absolute atomic E-state index is 2.72. The summed E-state index contributed by atoms with van der Waals surface area (Å²) >= 11 is -0.498. The van der Waals surface area contributed by atoms with Crippen LogP contribution in [-0.2, 0) is 0 Å². The minimum absolute atomic E-state index is 0.498. The van der Waals surface area contributed by atoms with Crippen LogP contribution < -0.4 is 0 Å². The molecule has 0 saturated carbocycles. The molecule has 21 heavy (non-hydrogen) atoms. The molecule has 1 saturated heterocycles. The summed E-state index contributed by atoms with van der Waals surface area (Å²) in [6, 6.07) is 0. The molecule has 0 atom stereocenters. The van der Waals surface area contributed by atoms with Gasteiger partial charge >= 0.3 is 152 Å². The Labute approximate surface area is 150 Å². The van der Waals surface area contributed by atoms with Gasteiger partial charge in [0.15, 0.2) is 0 Å². The fraction of sp³-hybridized carbons (Fsp3) is 1.00. The van der Waals surface area contributed by atoms with Crippen LogP contribution in [0.2, 0.25) is 83.3 Å². The standard InChI is InChI=1S/C16H40Si4.Bi/c1-17(2,3)15(18(4,5)6)13-14-16(19(7,8)9)20(10,11)12;/h13-14H2,1-12H3;. The molecule has 0 unspecified atom stereocenters. The Morgan fingerprint density at radius 3 is 0.762 bits per heavy atom. The quantitative estimate of drug-likeness (QED) is 0.358. The second kappa shape index (κ2) is 5.64. The van der Waals surface area contributed by atoms with Crippen LogP contribution in [0.3, 0.4) is 0 Å². The Balaban J connectivity index is 3.49. The molecule has 0 aromatic rings. The zero-order valence-electron chi connectivity index (χ0n) is 16.9. The molecule has 0 N–H and O–H groups in total. The van der Waals surface area contributed by atoms with Crippen molar-refractivity contribution in [1.29, 1.82) is 0 Å². The molecule has 0 spiro atoms. The first kappa shape index (κ1) is 20.8. The van der Waals surface area contributed by atoms with Gasteiger partial charge in [0, 0.05) is 0 Å². The van der Waals surface area contributed by atoms with Crippen LogP contribution in [0.1, 0.15) is 12.8 Å². The van der Waals surface area contributed by atoms with Crippen molar-refractivity contribution in [3.05, 3.63) is 0 Å². The van der Waals surface area contributed by atoms with Crippen molar-refractivity contribution in [3.63, 3.8) is 0 Å². The Kier molecular flexibility index (Phi) is 5.58. The molecule has 0 bridgehead atoms. The number of hydrogen-bond donors (Lipinski definition) is 0. The van der Waals surface area contributed by atoms with Gasteiger partial charge in [-0.05, 0) is 0 Å². The van der Waals surface area contributed by atoms with Crippen LogP contribution >= 0.6 is 0 Å². The van der Waals surface area contributed by atoms with Crippen molar-refractivity contribution in [2.45, 2.75) is 96.1 Å². The van der Waals surface area contributed by atoms with Gasteiger partial charge in [-0.3, -0.25) is 0 Å². The Bertz CT molecular complexity index is 324. The van der Waals surface area contributed by atoms with Crippen molar-refractivity contribution in [2.24, 2.45) is 0 Å². The molecule has 1 rings (SSSR count). The fourth-order valence-electron chi connectivity index (χ4n) is 5.22. The molecule has 0 aromatic carbocycles. The van der Waals surface area contributed by atoms with Gasteiger partial charge in [-0.25, -0.2) is 0 Å². The molecule has 5 heteroatoms. The van der Waals surface area contributed by atoms with E-state index in [1.54, 1.807) is 12.8 Å². The average molecular weight is 554 g/mol. The van der Waals surface area contributed by atoms with Gasteiger partial charge in [-0.15, -0.1) is 0 Å². The van der Waals surface area contributed by atoms with Gasteiger partial charge in [0.05, 0.1) is 0 Å². The summed E-state index contributed by atoms with van der Waals surface area (Å²) in [5.74, 6) is 0. The van der Waals surface area contributed by atoms with E-state index >= 15 is 0 Å². The van der Waals surface area contributed by atoms with E-state index in [1.165, 1.54) is 0 Å². The number of hydrogen-bond acceptors (Lipinski definition) is 0. The van der Waals surface area contributed by atoms with Crippen LogP contribution in [0, 0.1) is 0 Å². The molecule has 1 aliphatic heterocycles. The van der Waals surface area contributed by atoms with Crippen molar-refractivity contribution < 1.29 is 0 Å². The van der Waals surface area contributed by atoms with Crippen molar-refractivity contribution >= 4 is 55.5 Å². The van der Waals surface area contributed by atoms with Crippen molar-refractivity contribution in [1.82, 2.24) is 0 Å². The summed E-state index contributed by atoms with van der Waals surface area (Å²) in [5, 5.41) is 0. The fourth-order valence-corrected chi connectivity index (χ4v) is 58.6. The van der Waals surface area contributed by atoms with E-state index in [2.05, 4.69) is 78.6 Å². The molecule has 1 aliphatic rings. The maximum atomic E-state index is 2.72. The first-order chi connectivity index (χ1) is 8.91. The third kappa shape index (κ3) is 3.29. The summed E-state index contributed by atoms with van der Waals surface area (Å²) in [6.07, 6.45) is 3.29. The monoisotopic (exact) mass is 553 g/mol. The topological polar surface area (TPSA) is 0 Å². The molecule has 0 aliphatic carbocycles.